The highest BCUT2D eigenvalue weighted by molar-refractivity contribution is 7.89. The summed E-state index contributed by atoms with van der Waals surface area (Å²) in [5, 5.41) is 2.86. The highest BCUT2D eigenvalue weighted by atomic mass is 32.2. The molecule has 0 saturated carbocycles. The second-order valence-electron chi connectivity index (χ2n) is 9.91. The number of sulfonamides is 1. The SMILES string of the molecule is CCCCCCCCOc1ccccc1C(=O)Nc1ccc(S(=O)(=O)NCC[N+](CC)(CC)CCC)cc1. The van der Waals surface area contributed by atoms with Gasteiger partial charge in [-0.25, -0.2) is 13.1 Å². The van der Waals surface area contributed by atoms with E-state index in [1.54, 1.807) is 30.3 Å². The monoisotopic (exact) mass is 546 g/mol. The van der Waals surface area contributed by atoms with Crippen LogP contribution in [-0.2, 0) is 10.0 Å². The summed E-state index contributed by atoms with van der Waals surface area (Å²) < 4.78 is 35.2. The standard InChI is InChI=1S/C30H47N3O4S/c1-5-9-10-11-12-15-25-37-29-17-14-13-16-28(29)30(34)32-26-18-20-27(21-19-26)38(35,36)31-22-24-33(7-3,8-4)23-6-2/h13-14,16-21,31H,5-12,15,22-25H2,1-4H3/p+1. The van der Waals surface area contributed by atoms with Gasteiger partial charge in [-0.1, -0.05) is 58.1 Å². The minimum atomic E-state index is -3.63. The molecule has 7 nitrogen and oxygen atoms in total. The number of likely N-dealkylation sites (N-methyl/N-ethyl adjacent to an activating group) is 1. The van der Waals surface area contributed by atoms with Gasteiger partial charge in [-0.2, -0.15) is 0 Å². The maximum atomic E-state index is 12.9. The van der Waals surface area contributed by atoms with Gasteiger partial charge in [-0.05, 0) is 63.1 Å². The summed E-state index contributed by atoms with van der Waals surface area (Å²) in [5.41, 5.74) is 0.979. The first-order valence-electron chi connectivity index (χ1n) is 14.3. The molecule has 0 radical (unpaired) electrons. The predicted molar refractivity (Wildman–Crippen MR) is 156 cm³/mol. The van der Waals surface area contributed by atoms with Crippen LogP contribution in [0, 0.1) is 0 Å². The zero-order valence-corrected chi connectivity index (χ0v) is 24.6. The number of quaternary nitrogens is 1. The zero-order chi connectivity index (χ0) is 27.9. The molecule has 0 unspecified atom stereocenters. The number of anilines is 1. The molecule has 0 heterocycles. The zero-order valence-electron chi connectivity index (χ0n) is 23.8. The van der Waals surface area contributed by atoms with Crippen LogP contribution in [0.25, 0.3) is 0 Å². The average molecular weight is 547 g/mol. The number of nitrogens with one attached hydrogen (secondary N) is 2. The lowest BCUT2D eigenvalue weighted by Gasteiger charge is -2.36. The summed E-state index contributed by atoms with van der Waals surface area (Å²) in [5.74, 6) is 0.264. The van der Waals surface area contributed by atoms with Gasteiger partial charge in [0.25, 0.3) is 5.91 Å². The van der Waals surface area contributed by atoms with Gasteiger partial charge in [0.05, 0.1) is 49.8 Å². The van der Waals surface area contributed by atoms with E-state index in [0.717, 1.165) is 49.9 Å². The first kappa shape index (κ1) is 31.8. The predicted octanol–water partition coefficient (Wildman–Crippen LogP) is 6.22. The van der Waals surface area contributed by atoms with Gasteiger partial charge in [-0.15, -0.1) is 0 Å². The molecule has 0 spiro atoms. The van der Waals surface area contributed by atoms with Crippen molar-refractivity contribution in [2.75, 3.05) is 44.6 Å². The summed E-state index contributed by atoms with van der Waals surface area (Å²) >= 11 is 0. The molecule has 1 amide bonds. The van der Waals surface area contributed by atoms with Gasteiger partial charge in [0, 0.05) is 5.69 Å². The minimum Gasteiger partial charge on any atom is -0.493 e. The highest BCUT2D eigenvalue weighted by Gasteiger charge is 2.23. The molecule has 38 heavy (non-hydrogen) atoms. The summed E-state index contributed by atoms with van der Waals surface area (Å²) in [4.78, 5) is 13.1. The van der Waals surface area contributed by atoms with Gasteiger partial charge in [0.2, 0.25) is 10.0 Å². The number of carbonyl (C=O) groups is 1. The third-order valence-electron chi connectivity index (χ3n) is 7.23. The number of nitrogens with zero attached hydrogens (tertiary/aromatic N) is 1. The summed E-state index contributed by atoms with van der Waals surface area (Å²) in [6.07, 6.45) is 8.10. The molecule has 0 fully saturated rings. The number of unbranched alkanes of at least 4 members (excludes halogenated alkanes) is 5. The number of hydrogen-bond acceptors (Lipinski definition) is 4. The second-order valence-corrected chi connectivity index (χ2v) is 11.7. The Bertz CT molecular complexity index is 1070. The van der Waals surface area contributed by atoms with Crippen LogP contribution in [0.15, 0.2) is 53.4 Å². The van der Waals surface area contributed by atoms with Crippen LogP contribution in [0.1, 0.15) is 83.0 Å². The molecule has 0 saturated heterocycles. The summed E-state index contributed by atoms with van der Waals surface area (Å²) in [6, 6.07) is 13.5. The maximum absolute atomic E-state index is 12.9. The fraction of sp³-hybridized carbons (Fsp3) is 0.567. The van der Waals surface area contributed by atoms with E-state index in [1.807, 2.05) is 6.07 Å². The second kappa shape index (κ2) is 16.5. The van der Waals surface area contributed by atoms with Gasteiger partial charge in [0.15, 0.2) is 0 Å². The molecule has 0 atom stereocenters. The summed E-state index contributed by atoms with van der Waals surface area (Å²) in [7, 11) is -3.63. The van der Waals surface area contributed by atoms with Crippen molar-refractivity contribution >= 4 is 21.6 Å². The van der Waals surface area contributed by atoms with E-state index in [-0.39, 0.29) is 10.8 Å². The van der Waals surface area contributed by atoms with Crippen LogP contribution in [0.3, 0.4) is 0 Å². The van der Waals surface area contributed by atoms with E-state index in [0.29, 0.717) is 30.2 Å². The molecule has 0 aliphatic carbocycles. The van der Waals surface area contributed by atoms with Gasteiger partial charge < -0.3 is 14.5 Å². The van der Waals surface area contributed by atoms with Crippen LogP contribution in [-0.4, -0.2) is 58.1 Å². The van der Waals surface area contributed by atoms with Gasteiger partial charge >= 0.3 is 0 Å². The van der Waals surface area contributed by atoms with Crippen LogP contribution < -0.4 is 14.8 Å². The number of ether oxygens (including phenoxy) is 1. The van der Waals surface area contributed by atoms with Crippen molar-refractivity contribution in [2.45, 2.75) is 77.5 Å². The van der Waals surface area contributed by atoms with E-state index in [2.05, 4.69) is 37.7 Å². The average Bonchev–Trinajstić information content (AvgIpc) is 2.92. The van der Waals surface area contributed by atoms with Crippen LogP contribution in [0.4, 0.5) is 5.69 Å². The Hall–Kier alpha value is -2.42. The molecule has 0 aromatic heterocycles. The third-order valence-corrected chi connectivity index (χ3v) is 8.70. The number of hydrogen-bond donors (Lipinski definition) is 2. The number of benzene rings is 2. The fourth-order valence-electron chi connectivity index (χ4n) is 4.70. The van der Waals surface area contributed by atoms with Crippen molar-refractivity contribution in [1.29, 1.82) is 0 Å². The van der Waals surface area contributed by atoms with Crippen molar-refractivity contribution < 1.29 is 22.4 Å². The Morgan fingerprint density at radius 3 is 2.13 bits per heavy atom. The molecule has 2 aromatic carbocycles. The first-order valence-corrected chi connectivity index (χ1v) is 15.8. The highest BCUT2D eigenvalue weighted by Crippen LogP contribution is 2.21. The van der Waals surface area contributed by atoms with E-state index in [4.69, 9.17) is 4.74 Å². The van der Waals surface area contributed by atoms with Crippen LogP contribution in [0.5, 0.6) is 5.75 Å². The maximum Gasteiger partial charge on any atom is 0.259 e. The van der Waals surface area contributed by atoms with E-state index in [1.165, 1.54) is 37.8 Å². The number of rotatable bonds is 19. The molecule has 2 rings (SSSR count). The molecule has 2 N–H and O–H groups in total. The molecule has 212 valence electrons. The fourth-order valence-corrected chi connectivity index (χ4v) is 5.72. The Morgan fingerprint density at radius 2 is 1.47 bits per heavy atom. The number of para-hydroxylation sites is 1. The van der Waals surface area contributed by atoms with Crippen molar-refractivity contribution in [3.05, 3.63) is 54.1 Å². The lowest BCUT2D eigenvalue weighted by molar-refractivity contribution is -0.923. The van der Waals surface area contributed by atoms with Crippen LogP contribution in [0.2, 0.25) is 0 Å². The quantitative estimate of drug-likeness (QED) is 0.162. The molecule has 8 heteroatoms. The van der Waals surface area contributed by atoms with Crippen molar-refractivity contribution in [3.63, 3.8) is 0 Å². The Labute approximate surface area is 230 Å². The Morgan fingerprint density at radius 1 is 0.816 bits per heavy atom. The van der Waals surface area contributed by atoms with Gasteiger partial charge in [-0.3, -0.25) is 4.79 Å². The smallest absolute Gasteiger partial charge is 0.259 e. The van der Waals surface area contributed by atoms with E-state index in [9.17, 15) is 13.2 Å². The molecular formula is C30H48N3O4S+. The number of amides is 1. The third kappa shape index (κ3) is 10.0. The van der Waals surface area contributed by atoms with E-state index < -0.39 is 10.0 Å². The lowest BCUT2D eigenvalue weighted by atomic mass is 10.1. The normalized spacial score (nSPS) is 11.9. The first-order chi connectivity index (χ1) is 18.3. The molecule has 0 aliphatic rings. The summed E-state index contributed by atoms with van der Waals surface area (Å²) in [6.45, 7) is 13.4. The van der Waals surface area contributed by atoms with Crippen LogP contribution >= 0.6 is 0 Å². The van der Waals surface area contributed by atoms with Crippen molar-refractivity contribution in [1.82, 2.24) is 4.72 Å². The minimum absolute atomic E-state index is 0.180. The Kier molecular flexibility index (Phi) is 13.8. The number of carbonyl (C=O) groups excluding carboxylic acids is 1. The van der Waals surface area contributed by atoms with Crippen molar-refractivity contribution in [3.8, 4) is 5.75 Å². The molecule has 0 bridgehead atoms. The van der Waals surface area contributed by atoms with E-state index >= 15 is 0 Å². The lowest BCUT2D eigenvalue weighted by Crippen LogP contribution is -2.52. The molecule has 0 aliphatic heterocycles. The van der Waals surface area contributed by atoms with Crippen molar-refractivity contribution in [2.24, 2.45) is 0 Å². The molecular weight excluding hydrogens is 498 g/mol. The largest absolute Gasteiger partial charge is 0.493 e. The van der Waals surface area contributed by atoms with Gasteiger partial charge in [0.1, 0.15) is 5.75 Å². The Balaban J connectivity index is 1.93. The molecule has 2 aromatic rings. The topological polar surface area (TPSA) is 84.5 Å².